The average molecular weight is 583 g/mol. The van der Waals surface area contributed by atoms with Crippen LogP contribution in [0.5, 0.6) is 5.75 Å². The molecule has 0 bridgehead atoms. The third kappa shape index (κ3) is 7.31. The van der Waals surface area contributed by atoms with Crippen LogP contribution in [0.15, 0.2) is 72.9 Å². The number of benzene rings is 2. The van der Waals surface area contributed by atoms with Crippen molar-refractivity contribution in [3.63, 3.8) is 0 Å². The van der Waals surface area contributed by atoms with Crippen molar-refractivity contribution in [3.05, 3.63) is 95.3 Å². The van der Waals surface area contributed by atoms with Crippen LogP contribution in [0, 0.1) is 0 Å². The second-order valence-corrected chi connectivity index (χ2v) is 9.68. The van der Waals surface area contributed by atoms with Crippen LogP contribution in [0.3, 0.4) is 0 Å². The SMILES string of the molecule is COc1cccc(C(F)(F)F)c1CN1C(=O)CC[C@@H]1C(=O)NC(Cc1ccccc1)C(=O)C(=O)NCc1ccccn1. The number of likely N-dealkylation sites (tertiary alicyclic amines) is 1. The van der Waals surface area contributed by atoms with E-state index in [1.54, 1.807) is 54.7 Å². The largest absolute Gasteiger partial charge is 0.496 e. The van der Waals surface area contributed by atoms with Crippen LogP contribution in [0.2, 0.25) is 0 Å². The van der Waals surface area contributed by atoms with Crippen LogP contribution in [0.25, 0.3) is 0 Å². The summed E-state index contributed by atoms with van der Waals surface area (Å²) in [4.78, 5) is 57.4. The molecule has 12 heteroatoms. The molecule has 2 aromatic carbocycles. The number of nitrogens with one attached hydrogen (secondary N) is 2. The number of nitrogens with zero attached hydrogens (tertiary/aromatic N) is 2. The van der Waals surface area contributed by atoms with E-state index >= 15 is 0 Å². The molecule has 1 aliphatic rings. The molecule has 3 amide bonds. The molecule has 2 atom stereocenters. The van der Waals surface area contributed by atoms with Crippen molar-refractivity contribution in [2.45, 2.75) is 50.6 Å². The van der Waals surface area contributed by atoms with Gasteiger partial charge in [-0.25, -0.2) is 0 Å². The van der Waals surface area contributed by atoms with Gasteiger partial charge < -0.3 is 20.3 Å². The lowest BCUT2D eigenvalue weighted by molar-refractivity contribution is -0.142. The second-order valence-electron chi connectivity index (χ2n) is 9.68. The van der Waals surface area contributed by atoms with E-state index in [9.17, 15) is 32.3 Å². The summed E-state index contributed by atoms with van der Waals surface area (Å²) < 4.78 is 46.5. The number of carbonyl (C=O) groups excluding carboxylic acids is 4. The minimum Gasteiger partial charge on any atom is -0.496 e. The number of alkyl halides is 3. The van der Waals surface area contributed by atoms with Gasteiger partial charge in [-0.2, -0.15) is 13.2 Å². The number of carbonyl (C=O) groups is 4. The molecule has 0 radical (unpaired) electrons. The predicted molar refractivity (Wildman–Crippen MR) is 145 cm³/mol. The Bertz CT molecular complexity index is 1430. The first kappa shape index (κ1) is 30.2. The zero-order valence-corrected chi connectivity index (χ0v) is 22.7. The summed E-state index contributed by atoms with van der Waals surface area (Å²) in [7, 11) is 1.22. The third-order valence-electron chi connectivity index (χ3n) is 6.91. The number of aromatic nitrogens is 1. The van der Waals surface area contributed by atoms with Crippen LogP contribution in [-0.2, 0) is 44.9 Å². The van der Waals surface area contributed by atoms with E-state index in [1.165, 1.54) is 19.2 Å². The van der Waals surface area contributed by atoms with E-state index in [-0.39, 0.29) is 37.1 Å². The lowest BCUT2D eigenvalue weighted by atomic mass is 10.0. The molecule has 0 saturated carbocycles. The van der Waals surface area contributed by atoms with Crippen molar-refractivity contribution < 1.29 is 37.1 Å². The van der Waals surface area contributed by atoms with Crippen molar-refractivity contribution in [3.8, 4) is 5.75 Å². The number of halogens is 3. The molecule has 4 rings (SSSR count). The number of ketones is 1. The Balaban J connectivity index is 1.54. The molecule has 3 aromatic rings. The van der Waals surface area contributed by atoms with Gasteiger partial charge in [-0.1, -0.05) is 42.5 Å². The maximum Gasteiger partial charge on any atom is 0.416 e. The second kappa shape index (κ2) is 13.3. The van der Waals surface area contributed by atoms with Crippen molar-refractivity contribution in [2.24, 2.45) is 0 Å². The van der Waals surface area contributed by atoms with Crippen molar-refractivity contribution >= 4 is 23.5 Å². The van der Waals surface area contributed by atoms with Crippen molar-refractivity contribution in [1.29, 1.82) is 0 Å². The zero-order valence-electron chi connectivity index (χ0n) is 22.7. The Morgan fingerprint density at radius 3 is 2.45 bits per heavy atom. The molecule has 42 heavy (non-hydrogen) atoms. The van der Waals surface area contributed by atoms with Crippen LogP contribution >= 0.6 is 0 Å². The molecule has 1 aliphatic heterocycles. The minimum absolute atomic E-state index is 0.0111. The minimum atomic E-state index is -4.72. The van der Waals surface area contributed by atoms with Gasteiger partial charge in [0.05, 0.1) is 31.5 Å². The summed E-state index contributed by atoms with van der Waals surface area (Å²) in [6.07, 6.45) is -3.25. The molecule has 0 spiro atoms. The van der Waals surface area contributed by atoms with E-state index in [4.69, 9.17) is 4.74 Å². The smallest absolute Gasteiger partial charge is 0.416 e. The highest BCUT2D eigenvalue weighted by Gasteiger charge is 2.41. The lowest BCUT2D eigenvalue weighted by Crippen LogP contribution is -2.53. The van der Waals surface area contributed by atoms with Gasteiger partial charge in [0, 0.05) is 24.6 Å². The highest BCUT2D eigenvalue weighted by Crippen LogP contribution is 2.37. The Labute approximate surface area is 240 Å². The van der Waals surface area contributed by atoms with Crippen molar-refractivity contribution in [1.82, 2.24) is 20.5 Å². The Morgan fingerprint density at radius 2 is 1.79 bits per heavy atom. The first-order chi connectivity index (χ1) is 20.1. The Hall–Kier alpha value is -4.74. The number of amides is 3. The molecule has 2 N–H and O–H groups in total. The Morgan fingerprint density at radius 1 is 1.05 bits per heavy atom. The summed E-state index contributed by atoms with van der Waals surface area (Å²) >= 11 is 0. The van der Waals surface area contributed by atoms with E-state index in [2.05, 4.69) is 15.6 Å². The molecule has 1 saturated heterocycles. The summed E-state index contributed by atoms with van der Waals surface area (Å²) in [5.41, 5.74) is -0.0809. The first-order valence-corrected chi connectivity index (χ1v) is 13.2. The highest BCUT2D eigenvalue weighted by molar-refractivity contribution is 6.38. The number of pyridine rings is 1. The van der Waals surface area contributed by atoms with Gasteiger partial charge >= 0.3 is 6.18 Å². The fraction of sp³-hybridized carbons (Fsp3) is 0.300. The predicted octanol–water partition coefficient (Wildman–Crippen LogP) is 3.21. The van der Waals surface area contributed by atoms with E-state index < -0.39 is 53.9 Å². The summed E-state index contributed by atoms with van der Waals surface area (Å²) in [5.74, 6) is -3.21. The number of rotatable bonds is 11. The number of ether oxygens (including phenoxy) is 1. The van der Waals surface area contributed by atoms with Crippen molar-refractivity contribution in [2.75, 3.05) is 7.11 Å². The van der Waals surface area contributed by atoms with Crippen LogP contribution < -0.4 is 15.4 Å². The normalized spacial score (nSPS) is 15.7. The number of hydrogen-bond acceptors (Lipinski definition) is 6. The number of hydrogen-bond donors (Lipinski definition) is 2. The first-order valence-electron chi connectivity index (χ1n) is 13.2. The fourth-order valence-electron chi connectivity index (χ4n) is 4.81. The maximum absolute atomic E-state index is 13.8. The van der Waals surface area contributed by atoms with Gasteiger partial charge in [-0.15, -0.1) is 0 Å². The molecule has 1 fully saturated rings. The van der Waals surface area contributed by atoms with Crippen LogP contribution in [-0.4, -0.2) is 52.6 Å². The van der Waals surface area contributed by atoms with E-state index in [0.29, 0.717) is 11.3 Å². The van der Waals surface area contributed by atoms with Gasteiger partial charge in [0.25, 0.3) is 5.91 Å². The molecular formula is C30H29F3N4O5. The zero-order chi connectivity index (χ0) is 30.3. The van der Waals surface area contributed by atoms with Gasteiger partial charge in [0.1, 0.15) is 17.8 Å². The fourth-order valence-corrected chi connectivity index (χ4v) is 4.81. The monoisotopic (exact) mass is 582 g/mol. The quantitative estimate of drug-likeness (QED) is 0.336. The molecule has 220 valence electrons. The van der Waals surface area contributed by atoms with Gasteiger partial charge in [0.2, 0.25) is 17.6 Å². The van der Waals surface area contributed by atoms with Crippen LogP contribution in [0.1, 0.15) is 35.2 Å². The molecule has 9 nitrogen and oxygen atoms in total. The highest BCUT2D eigenvalue weighted by atomic mass is 19.4. The van der Waals surface area contributed by atoms with Gasteiger partial charge in [0.15, 0.2) is 0 Å². The number of Topliss-reactive ketones (excluding diaryl/α,β-unsaturated/α-hetero) is 1. The molecule has 2 heterocycles. The van der Waals surface area contributed by atoms with E-state index in [0.717, 1.165) is 11.0 Å². The van der Waals surface area contributed by atoms with Crippen LogP contribution in [0.4, 0.5) is 13.2 Å². The van der Waals surface area contributed by atoms with Gasteiger partial charge in [-0.05, 0) is 36.2 Å². The molecule has 1 unspecified atom stereocenters. The Kier molecular flexibility index (Phi) is 9.56. The standard InChI is InChI=1S/C30H29F3N4O5/c1-42-25-12-7-11-22(30(31,32)33)21(25)18-37-24(13-14-26(37)38)28(40)36-23(16-19-8-3-2-4-9-19)27(39)29(41)35-17-20-10-5-6-15-34-20/h2-12,15,23-24H,13-14,16-18H2,1H3,(H,35,41)(H,36,40)/t23?,24-/m1/s1. The lowest BCUT2D eigenvalue weighted by Gasteiger charge is -2.28. The molecule has 0 aliphatic carbocycles. The molecule has 1 aromatic heterocycles. The topological polar surface area (TPSA) is 118 Å². The molecular weight excluding hydrogens is 553 g/mol. The summed E-state index contributed by atoms with van der Waals surface area (Å²) in [6.45, 7) is -0.541. The van der Waals surface area contributed by atoms with Gasteiger partial charge in [-0.3, -0.25) is 24.2 Å². The summed E-state index contributed by atoms with van der Waals surface area (Å²) in [6, 6.07) is 14.8. The van der Waals surface area contributed by atoms with E-state index in [1.807, 2.05) is 0 Å². The summed E-state index contributed by atoms with van der Waals surface area (Å²) in [5, 5.41) is 5.09. The average Bonchev–Trinajstić information content (AvgIpc) is 3.35. The number of methoxy groups -OCH3 is 1. The third-order valence-corrected chi connectivity index (χ3v) is 6.91. The maximum atomic E-state index is 13.8.